The molecule has 0 aliphatic carbocycles. The van der Waals surface area contributed by atoms with Crippen LogP contribution in [0.25, 0.3) is 11.1 Å². The van der Waals surface area contributed by atoms with E-state index in [0.29, 0.717) is 12.2 Å². The van der Waals surface area contributed by atoms with Crippen molar-refractivity contribution in [3.63, 3.8) is 0 Å². The van der Waals surface area contributed by atoms with Crippen LogP contribution in [0.3, 0.4) is 0 Å². The maximum atomic E-state index is 5.56. The summed E-state index contributed by atoms with van der Waals surface area (Å²) in [5, 5.41) is 0. The van der Waals surface area contributed by atoms with Crippen molar-refractivity contribution in [1.29, 1.82) is 0 Å². The predicted molar refractivity (Wildman–Crippen MR) is 123 cm³/mol. The molecule has 0 amide bonds. The lowest BCUT2D eigenvalue weighted by molar-refractivity contribution is 0.102. The van der Waals surface area contributed by atoms with E-state index in [1.165, 1.54) is 11.1 Å². The Bertz CT molecular complexity index is 797. The maximum Gasteiger partial charge on any atom is 0.127 e. The van der Waals surface area contributed by atoms with Gasteiger partial charge in [-0.05, 0) is 36.1 Å². The molecule has 2 aliphatic heterocycles. The van der Waals surface area contributed by atoms with Crippen molar-refractivity contribution in [2.45, 2.75) is 25.0 Å². The lowest BCUT2D eigenvalue weighted by Gasteiger charge is -2.14. The molecule has 0 saturated carbocycles. The average Bonchev–Trinajstić information content (AvgIpc) is 3.71. The molecule has 2 aromatic carbocycles. The number of allylic oxidation sites excluding steroid dienone is 2. The SMILES string of the molecule is C(OCC1CO1)C1CO1.C=CCc1ccc(-c2ccc(CC=C)cc2OC)c(OC)c1. The first-order valence-electron chi connectivity index (χ1n) is 10.6. The van der Waals surface area contributed by atoms with Gasteiger partial charge in [-0.25, -0.2) is 0 Å². The van der Waals surface area contributed by atoms with Gasteiger partial charge in [-0.3, -0.25) is 0 Å². The van der Waals surface area contributed by atoms with Crippen LogP contribution < -0.4 is 9.47 Å². The summed E-state index contributed by atoms with van der Waals surface area (Å²) in [6.45, 7) is 10.8. The van der Waals surface area contributed by atoms with E-state index in [4.69, 9.17) is 23.7 Å². The molecule has 0 aromatic heterocycles. The Morgan fingerprint density at radius 1 is 0.806 bits per heavy atom. The Hall–Kier alpha value is -2.60. The number of benzene rings is 2. The molecule has 2 fully saturated rings. The molecule has 0 radical (unpaired) electrons. The van der Waals surface area contributed by atoms with Gasteiger partial charge in [0, 0.05) is 11.1 Å². The van der Waals surface area contributed by atoms with Gasteiger partial charge in [-0.2, -0.15) is 0 Å². The second-order valence-electron chi connectivity index (χ2n) is 7.50. The van der Waals surface area contributed by atoms with Crippen molar-refractivity contribution >= 4 is 0 Å². The first-order chi connectivity index (χ1) is 15.2. The van der Waals surface area contributed by atoms with E-state index in [1.54, 1.807) is 14.2 Å². The Morgan fingerprint density at radius 2 is 1.23 bits per heavy atom. The molecule has 2 unspecified atom stereocenters. The molecular formula is C26H32O5. The Balaban J connectivity index is 0.000000248. The van der Waals surface area contributed by atoms with Crippen molar-refractivity contribution in [2.24, 2.45) is 0 Å². The number of methoxy groups -OCH3 is 2. The fourth-order valence-electron chi connectivity index (χ4n) is 3.16. The summed E-state index contributed by atoms with van der Waals surface area (Å²) in [6, 6.07) is 12.4. The number of ether oxygens (including phenoxy) is 5. The van der Waals surface area contributed by atoms with E-state index in [-0.39, 0.29) is 0 Å². The van der Waals surface area contributed by atoms with Crippen molar-refractivity contribution < 1.29 is 23.7 Å². The molecule has 0 bridgehead atoms. The van der Waals surface area contributed by atoms with Crippen LogP contribution in [0.4, 0.5) is 0 Å². The van der Waals surface area contributed by atoms with Crippen LogP contribution >= 0.6 is 0 Å². The Kier molecular flexibility index (Phi) is 8.71. The fraction of sp³-hybridized carbons (Fsp3) is 0.385. The summed E-state index contributed by atoms with van der Waals surface area (Å²) in [6.07, 6.45) is 6.21. The summed E-state index contributed by atoms with van der Waals surface area (Å²) in [4.78, 5) is 0. The van der Waals surface area contributed by atoms with E-state index < -0.39 is 0 Å². The lowest BCUT2D eigenvalue weighted by atomic mass is 9.98. The highest BCUT2D eigenvalue weighted by Gasteiger charge is 2.26. The molecule has 166 valence electrons. The second kappa shape index (κ2) is 11.7. The van der Waals surface area contributed by atoms with Crippen molar-refractivity contribution in [1.82, 2.24) is 0 Å². The van der Waals surface area contributed by atoms with Crippen LogP contribution in [0.2, 0.25) is 0 Å². The minimum absolute atomic E-state index is 0.392. The average molecular weight is 425 g/mol. The van der Waals surface area contributed by atoms with E-state index >= 15 is 0 Å². The molecule has 2 aliphatic rings. The summed E-state index contributed by atoms with van der Waals surface area (Å²) < 4.78 is 26.2. The van der Waals surface area contributed by atoms with Crippen molar-refractivity contribution in [2.75, 3.05) is 40.6 Å². The number of rotatable bonds is 11. The van der Waals surface area contributed by atoms with Crippen LogP contribution in [-0.2, 0) is 27.1 Å². The third kappa shape index (κ3) is 7.24. The van der Waals surface area contributed by atoms with Crippen LogP contribution in [0, 0.1) is 0 Å². The van der Waals surface area contributed by atoms with Gasteiger partial charge >= 0.3 is 0 Å². The normalized spacial score (nSPS) is 18.4. The van der Waals surface area contributed by atoms with E-state index in [0.717, 1.165) is 61.9 Å². The molecule has 2 saturated heterocycles. The van der Waals surface area contributed by atoms with Crippen LogP contribution in [-0.4, -0.2) is 52.9 Å². The maximum absolute atomic E-state index is 5.56. The molecule has 0 spiro atoms. The molecule has 2 atom stereocenters. The Morgan fingerprint density at radius 3 is 1.55 bits per heavy atom. The van der Waals surface area contributed by atoms with Gasteiger partial charge in [-0.1, -0.05) is 36.4 Å². The third-order valence-corrected chi connectivity index (χ3v) is 4.99. The zero-order valence-electron chi connectivity index (χ0n) is 18.5. The van der Waals surface area contributed by atoms with E-state index in [1.807, 2.05) is 24.3 Å². The zero-order valence-corrected chi connectivity index (χ0v) is 18.5. The largest absolute Gasteiger partial charge is 0.496 e. The van der Waals surface area contributed by atoms with Crippen molar-refractivity contribution in [3.05, 3.63) is 72.8 Å². The van der Waals surface area contributed by atoms with Gasteiger partial charge in [0.15, 0.2) is 0 Å². The van der Waals surface area contributed by atoms with Gasteiger partial charge in [0.25, 0.3) is 0 Å². The minimum Gasteiger partial charge on any atom is -0.496 e. The number of hydrogen-bond donors (Lipinski definition) is 0. The van der Waals surface area contributed by atoms with Gasteiger partial charge in [0.05, 0.1) is 40.6 Å². The molecule has 5 nitrogen and oxygen atoms in total. The number of epoxide rings is 2. The number of hydrogen-bond acceptors (Lipinski definition) is 5. The highest BCUT2D eigenvalue weighted by molar-refractivity contribution is 5.76. The molecule has 4 rings (SSSR count). The quantitative estimate of drug-likeness (QED) is 0.389. The van der Waals surface area contributed by atoms with Gasteiger partial charge in [-0.15, -0.1) is 13.2 Å². The molecule has 31 heavy (non-hydrogen) atoms. The van der Waals surface area contributed by atoms with Gasteiger partial charge in [0.2, 0.25) is 0 Å². The van der Waals surface area contributed by atoms with E-state index in [2.05, 4.69) is 37.4 Å². The zero-order chi connectivity index (χ0) is 22.1. The smallest absolute Gasteiger partial charge is 0.127 e. The molecule has 5 heteroatoms. The third-order valence-electron chi connectivity index (χ3n) is 4.99. The van der Waals surface area contributed by atoms with Crippen LogP contribution in [0.15, 0.2) is 61.7 Å². The highest BCUT2D eigenvalue weighted by Crippen LogP contribution is 2.37. The van der Waals surface area contributed by atoms with E-state index in [9.17, 15) is 0 Å². The highest BCUT2D eigenvalue weighted by atomic mass is 16.6. The monoisotopic (exact) mass is 424 g/mol. The minimum atomic E-state index is 0.392. The summed E-state index contributed by atoms with van der Waals surface area (Å²) in [7, 11) is 3.38. The van der Waals surface area contributed by atoms with Crippen LogP contribution in [0.1, 0.15) is 11.1 Å². The van der Waals surface area contributed by atoms with Crippen LogP contribution in [0.5, 0.6) is 11.5 Å². The summed E-state index contributed by atoms with van der Waals surface area (Å²) >= 11 is 0. The predicted octanol–water partition coefficient (Wildman–Crippen LogP) is 4.63. The molecule has 0 N–H and O–H groups in total. The summed E-state index contributed by atoms with van der Waals surface area (Å²) in [5.74, 6) is 1.68. The molecule has 2 aromatic rings. The Labute approximate surface area is 185 Å². The molecular weight excluding hydrogens is 392 g/mol. The first kappa shape index (κ1) is 23.1. The van der Waals surface area contributed by atoms with Gasteiger partial charge in [0.1, 0.15) is 23.7 Å². The molecule has 2 heterocycles. The topological polar surface area (TPSA) is 52.8 Å². The lowest BCUT2D eigenvalue weighted by Crippen LogP contribution is -2.06. The fourth-order valence-corrected chi connectivity index (χ4v) is 3.16. The summed E-state index contributed by atoms with van der Waals surface area (Å²) in [5.41, 5.74) is 4.41. The van der Waals surface area contributed by atoms with Crippen molar-refractivity contribution in [3.8, 4) is 22.6 Å². The first-order valence-corrected chi connectivity index (χ1v) is 10.6. The standard InChI is InChI=1S/C20H22O2.C6H10O3/c1-5-7-15-9-11-17(19(13-15)21-3)18-12-10-16(8-6-2)14-20(18)22-4;1(5-3-8-5)7-2-6-4-9-6/h5-6,9-14H,1-2,7-8H2,3-4H3;5-6H,1-4H2. The second-order valence-corrected chi connectivity index (χ2v) is 7.50. The van der Waals surface area contributed by atoms with Gasteiger partial charge < -0.3 is 23.7 Å².